The van der Waals surface area contributed by atoms with Gasteiger partial charge in [-0.25, -0.2) is 4.79 Å². The maximum absolute atomic E-state index is 11.6. The Kier molecular flexibility index (Phi) is 3.88. The molecule has 0 spiro atoms. The minimum absolute atomic E-state index is 0.358. The van der Waals surface area contributed by atoms with E-state index in [1.54, 1.807) is 18.2 Å². The molecule has 1 aliphatic carbocycles. The number of aryl methyl sites for hydroxylation is 2. The van der Waals surface area contributed by atoms with Gasteiger partial charge in [0.15, 0.2) is 0 Å². The Hall–Kier alpha value is -2.29. The number of hydrogen-bond donors (Lipinski definition) is 0. The van der Waals surface area contributed by atoms with Crippen molar-refractivity contribution in [3.63, 3.8) is 0 Å². The Labute approximate surface area is 130 Å². The van der Waals surface area contributed by atoms with Crippen molar-refractivity contribution in [1.82, 2.24) is 0 Å². The number of rotatable bonds is 4. The lowest BCUT2D eigenvalue weighted by molar-refractivity contribution is 0.0600. The van der Waals surface area contributed by atoms with E-state index in [1.165, 1.54) is 25.5 Å². The van der Waals surface area contributed by atoms with Crippen LogP contribution >= 0.6 is 0 Å². The van der Waals surface area contributed by atoms with Gasteiger partial charge < -0.3 is 9.47 Å². The van der Waals surface area contributed by atoms with E-state index in [-0.39, 0.29) is 5.97 Å². The lowest BCUT2D eigenvalue weighted by Gasteiger charge is -2.14. The van der Waals surface area contributed by atoms with Crippen LogP contribution in [0.2, 0.25) is 0 Å². The SMILES string of the molecule is COC(=O)c1cccc(Oc2c(C)cc(C3CC3)cc2C)c1. The first-order valence-corrected chi connectivity index (χ1v) is 7.56. The third-order valence-corrected chi connectivity index (χ3v) is 4.01. The summed E-state index contributed by atoms with van der Waals surface area (Å²) in [6.07, 6.45) is 2.58. The van der Waals surface area contributed by atoms with Crippen LogP contribution < -0.4 is 4.74 Å². The van der Waals surface area contributed by atoms with E-state index in [1.807, 2.05) is 6.07 Å². The minimum Gasteiger partial charge on any atom is -0.465 e. The summed E-state index contributed by atoms with van der Waals surface area (Å²) >= 11 is 0. The molecule has 0 atom stereocenters. The molecule has 0 unspecified atom stereocenters. The van der Waals surface area contributed by atoms with E-state index in [0.29, 0.717) is 11.3 Å². The average molecular weight is 296 g/mol. The van der Waals surface area contributed by atoms with Crippen LogP contribution in [0.25, 0.3) is 0 Å². The summed E-state index contributed by atoms with van der Waals surface area (Å²) < 4.78 is 10.8. The smallest absolute Gasteiger partial charge is 0.337 e. The molecule has 3 nitrogen and oxygen atoms in total. The summed E-state index contributed by atoms with van der Waals surface area (Å²) in [6, 6.07) is 11.5. The number of carbonyl (C=O) groups is 1. The van der Waals surface area contributed by atoms with Crippen molar-refractivity contribution in [2.75, 3.05) is 7.11 Å². The molecule has 0 heterocycles. The van der Waals surface area contributed by atoms with E-state index in [9.17, 15) is 4.79 Å². The Balaban J connectivity index is 1.88. The topological polar surface area (TPSA) is 35.5 Å². The number of benzene rings is 2. The molecule has 1 aliphatic rings. The van der Waals surface area contributed by atoms with Gasteiger partial charge in [-0.1, -0.05) is 18.2 Å². The van der Waals surface area contributed by atoms with Crippen LogP contribution in [0.5, 0.6) is 11.5 Å². The fourth-order valence-corrected chi connectivity index (χ4v) is 2.72. The molecule has 0 saturated heterocycles. The van der Waals surface area contributed by atoms with E-state index in [0.717, 1.165) is 22.8 Å². The Morgan fingerprint density at radius 3 is 2.36 bits per heavy atom. The molecule has 114 valence electrons. The van der Waals surface area contributed by atoms with Gasteiger partial charge in [0.25, 0.3) is 0 Å². The highest BCUT2D eigenvalue weighted by Gasteiger charge is 2.24. The second kappa shape index (κ2) is 5.84. The van der Waals surface area contributed by atoms with Gasteiger partial charge in [-0.15, -0.1) is 0 Å². The molecule has 0 aromatic heterocycles. The molecule has 1 fully saturated rings. The van der Waals surface area contributed by atoms with Crippen molar-refractivity contribution in [3.8, 4) is 11.5 Å². The van der Waals surface area contributed by atoms with E-state index < -0.39 is 0 Å². The maximum atomic E-state index is 11.6. The van der Waals surface area contributed by atoms with Crippen LogP contribution in [-0.2, 0) is 4.74 Å². The fourth-order valence-electron chi connectivity index (χ4n) is 2.72. The zero-order chi connectivity index (χ0) is 15.7. The van der Waals surface area contributed by atoms with Gasteiger partial charge in [-0.3, -0.25) is 0 Å². The average Bonchev–Trinajstić information content (AvgIpc) is 3.35. The van der Waals surface area contributed by atoms with Crippen LogP contribution in [0, 0.1) is 13.8 Å². The highest BCUT2D eigenvalue weighted by atomic mass is 16.5. The van der Waals surface area contributed by atoms with Gasteiger partial charge in [0.1, 0.15) is 11.5 Å². The molecule has 3 rings (SSSR count). The van der Waals surface area contributed by atoms with Crippen LogP contribution in [0.15, 0.2) is 36.4 Å². The normalized spacial score (nSPS) is 13.8. The molecule has 0 bridgehead atoms. The Morgan fingerprint density at radius 2 is 1.77 bits per heavy atom. The first-order chi connectivity index (χ1) is 10.6. The fraction of sp³-hybridized carbons (Fsp3) is 0.316. The summed E-state index contributed by atoms with van der Waals surface area (Å²) in [5, 5.41) is 0. The number of carbonyl (C=O) groups excluding carboxylic acids is 1. The van der Waals surface area contributed by atoms with Gasteiger partial charge in [0.2, 0.25) is 0 Å². The monoisotopic (exact) mass is 296 g/mol. The van der Waals surface area contributed by atoms with Crippen molar-refractivity contribution in [3.05, 3.63) is 58.7 Å². The third-order valence-electron chi connectivity index (χ3n) is 4.01. The summed E-state index contributed by atoms with van der Waals surface area (Å²) in [6.45, 7) is 4.14. The third kappa shape index (κ3) is 2.98. The van der Waals surface area contributed by atoms with Crippen molar-refractivity contribution >= 4 is 5.97 Å². The standard InChI is InChI=1S/C19H20O3/c1-12-9-16(14-7-8-14)10-13(2)18(12)22-17-6-4-5-15(11-17)19(20)21-3/h4-6,9-11,14H,7-8H2,1-3H3. The molecular formula is C19H20O3. The number of methoxy groups -OCH3 is 1. The first-order valence-electron chi connectivity index (χ1n) is 7.56. The van der Waals surface area contributed by atoms with Gasteiger partial charge >= 0.3 is 5.97 Å². The minimum atomic E-state index is -0.358. The van der Waals surface area contributed by atoms with E-state index in [4.69, 9.17) is 9.47 Å². The Morgan fingerprint density at radius 1 is 1.09 bits per heavy atom. The maximum Gasteiger partial charge on any atom is 0.337 e. The molecule has 1 saturated carbocycles. The highest BCUT2D eigenvalue weighted by molar-refractivity contribution is 5.89. The zero-order valence-electron chi connectivity index (χ0n) is 13.2. The van der Waals surface area contributed by atoms with Crippen LogP contribution in [0.3, 0.4) is 0 Å². The number of hydrogen-bond acceptors (Lipinski definition) is 3. The highest BCUT2D eigenvalue weighted by Crippen LogP contribution is 2.42. The van der Waals surface area contributed by atoms with Gasteiger partial charge in [-0.05, 0) is 67.5 Å². The van der Waals surface area contributed by atoms with Crippen LogP contribution in [0.1, 0.15) is 45.8 Å². The summed E-state index contributed by atoms with van der Waals surface area (Å²) in [5.41, 5.74) is 4.16. The molecule has 22 heavy (non-hydrogen) atoms. The molecule has 0 radical (unpaired) electrons. The van der Waals surface area contributed by atoms with Crippen molar-refractivity contribution in [1.29, 1.82) is 0 Å². The first kappa shape index (κ1) is 14.6. The summed E-state index contributed by atoms with van der Waals surface area (Å²) in [4.78, 5) is 11.6. The van der Waals surface area contributed by atoms with Crippen LogP contribution in [0.4, 0.5) is 0 Å². The predicted octanol–water partition coefficient (Wildman–Crippen LogP) is 4.76. The lowest BCUT2D eigenvalue weighted by Crippen LogP contribution is -2.01. The van der Waals surface area contributed by atoms with E-state index in [2.05, 4.69) is 26.0 Å². The van der Waals surface area contributed by atoms with Gasteiger partial charge in [-0.2, -0.15) is 0 Å². The molecule has 0 N–H and O–H groups in total. The quantitative estimate of drug-likeness (QED) is 0.763. The van der Waals surface area contributed by atoms with Crippen LogP contribution in [-0.4, -0.2) is 13.1 Å². The lowest BCUT2D eigenvalue weighted by atomic mass is 10.0. The number of esters is 1. The summed E-state index contributed by atoms with van der Waals surface area (Å²) in [5.74, 6) is 1.89. The van der Waals surface area contributed by atoms with Crippen molar-refractivity contribution in [2.45, 2.75) is 32.6 Å². The molecule has 2 aromatic carbocycles. The molecule has 3 heteroatoms. The second-order valence-corrected chi connectivity index (χ2v) is 5.88. The van der Waals surface area contributed by atoms with Gasteiger partial charge in [0, 0.05) is 0 Å². The summed E-state index contributed by atoms with van der Waals surface area (Å²) in [7, 11) is 1.38. The molecule has 2 aromatic rings. The Bertz CT molecular complexity index is 691. The molecule has 0 aliphatic heterocycles. The van der Waals surface area contributed by atoms with Crippen molar-refractivity contribution in [2.24, 2.45) is 0 Å². The number of ether oxygens (including phenoxy) is 2. The molecular weight excluding hydrogens is 276 g/mol. The second-order valence-electron chi connectivity index (χ2n) is 5.88. The zero-order valence-corrected chi connectivity index (χ0v) is 13.2. The van der Waals surface area contributed by atoms with E-state index >= 15 is 0 Å². The van der Waals surface area contributed by atoms with Crippen molar-refractivity contribution < 1.29 is 14.3 Å². The largest absolute Gasteiger partial charge is 0.465 e. The predicted molar refractivity (Wildman–Crippen MR) is 85.7 cm³/mol. The molecule has 0 amide bonds. The van der Waals surface area contributed by atoms with Gasteiger partial charge in [0.05, 0.1) is 12.7 Å².